The Hall–Kier alpha value is -5.17. The second kappa shape index (κ2) is 11.9. The number of aromatic nitrogens is 1. The summed E-state index contributed by atoms with van der Waals surface area (Å²) in [6.45, 7) is 1.02. The van der Waals surface area contributed by atoms with E-state index in [1.807, 2.05) is 0 Å². The number of carbonyl (C=O) groups excluding carboxylic acids is 3. The molecule has 0 unspecified atom stereocenters. The molecule has 0 bridgehead atoms. The van der Waals surface area contributed by atoms with Crippen molar-refractivity contribution < 1.29 is 39.3 Å². The van der Waals surface area contributed by atoms with Gasteiger partial charge in [-0.2, -0.15) is 0 Å². The van der Waals surface area contributed by atoms with Gasteiger partial charge in [0.05, 0.1) is 12.5 Å². The first-order valence-electron chi connectivity index (χ1n) is 11.5. The van der Waals surface area contributed by atoms with Crippen molar-refractivity contribution in [2.45, 2.75) is 31.8 Å². The molecule has 39 heavy (non-hydrogen) atoms. The Bertz CT molecular complexity index is 1400. The van der Waals surface area contributed by atoms with Crippen LogP contribution in [0.5, 0.6) is 11.8 Å². The Labute approximate surface area is 222 Å². The molecule has 0 aliphatic carbocycles. The van der Waals surface area contributed by atoms with Crippen LogP contribution in [0.1, 0.15) is 30.0 Å². The molecule has 8 N–H and O–H groups in total. The van der Waals surface area contributed by atoms with Gasteiger partial charge < -0.3 is 31.6 Å². The zero-order chi connectivity index (χ0) is 28.9. The second-order valence-electron chi connectivity index (χ2n) is 8.60. The minimum absolute atomic E-state index is 0.0659. The van der Waals surface area contributed by atoms with Crippen molar-refractivity contribution in [1.82, 2.24) is 4.73 Å². The third kappa shape index (κ3) is 6.59. The van der Waals surface area contributed by atoms with Crippen molar-refractivity contribution in [3.8, 4) is 11.8 Å². The summed E-state index contributed by atoms with van der Waals surface area (Å²) in [5.41, 5.74) is 12.6. The van der Waals surface area contributed by atoms with Crippen molar-refractivity contribution in [3.05, 3.63) is 77.4 Å². The van der Waals surface area contributed by atoms with E-state index in [2.05, 4.69) is 0 Å². The predicted octanol–water partition coefficient (Wildman–Crippen LogP) is 0.522. The van der Waals surface area contributed by atoms with Crippen molar-refractivity contribution in [2.75, 3.05) is 4.90 Å². The number of amides is 1. The fraction of sp³-hybridized carbons (Fsp3) is 0.192. The molecule has 0 radical (unpaired) electrons. The predicted molar refractivity (Wildman–Crippen MR) is 138 cm³/mol. The smallest absolute Gasteiger partial charge is 0.363 e. The largest absolute Gasteiger partial charge is 0.492 e. The van der Waals surface area contributed by atoms with Crippen molar-refractivity contribution in [2.24, 2.45) is 11.5 Å². The molecule has 0 fully saturated rings. The van der Waals surface area contributed by atoms with E-state index >= 15 is 0 Å². The number of carboxylic acid groups (broad SMARTS) is 1. The number of nitrogen functional groups attached to an aromatic ring is 1. The molecule has 0 aliphatic rings. The topological polar surface area (TPSA) is 222 Å². The van der Waals surface area contributed by atoms with Gasteiger partial charge in [-0.25, -0.2) is 4.79 Å². The molecule has 3 aromatic rings. The number of nitrogens with zero attached hydrogens (tertiary/aromatic N) is 2. The summed E-state index contributed by atoms with van der Waals surface area (Å²) in [6, 6.07) is 11.7. The molecule has 0 saturated heterocycles. The van der Waals surface area contributed by atoms with Gasteiger partial charge in [0.15, 0.2) is 11.8 Å². The zero-order valence-electron chi connectivity index (χ0n) is 20.8. The summed E-state index contributed by atoms with van der Waals surface area (Å²) in [7, 11) is 0. The second-order valence-corrected chi connectivity index (χ2v) is 8.60. The van der Waals surface area contributed by atoms with Crippen LogP contribution in [0.3, 0.4) is 0 Å². The first kappa shape index (κ1) is 28.4. The number of ketones is 1. The number of nitrogens with one attached hydrogen (secondary N) is 1. The maximum Gasteiger partial charge on any atom is 0.363 e. The summed E-state index contributed by atoms with van der Waals surface area (Å²) >= 11 is 0. The number of benzene rings is 2. The lowest BCUT2D eigenvalue weighted by Gasteiger charge is -2.30. The van der Waals surface area contributed by atoms with Crippen LogP contribution in [0.4, 0.5) is 5.69 Å². The van der Waals surface area contributed by atoms with Crippen LogP contribution in [0.2, 0.25) is 0 Å². The average molecular weight is 538 g/mol. The molecule has 0 aliphatic heterocycles. The Morgan fingerprint density at radius 2 is 1.67 bits per heavy atom. The van der Waals surface area contributed by atoms with Gasteiger partial charge in [0, 0.05) is 29.3 Å². The van der Waals surface area contributed by atoms with E-state index in [-0.39, 0.29) is 23.5 Å². The highest BCUT2D eigenvalue weighted by molar-refractivity contribution is 6.13. The first-order chi connectivity index (χ1) is 18.4. The van der Waals surface area contributed by atoms with Gasteiger partial charge >= 0.3 is 11.9 Å². The van der Waals surface area contributed by atoms with Crippen LogP contribution in [0.25, 0.3) is 0 Å². The molecule has 1 amide bonds. The van der Waals surface area contributed by atoms with E-state index in [1.54, 1.807) is 30.3 Å². The number of aromatic hydroxyl groups is 2. The number of carbonyl (C=O) groups is 4. The summed E-state index contributed by atoms with van der Waals surface area (Å²) in [4.78, 5) is 56.0. The molecule has 3 rings (SSSR count). The van der Waals surface area contributed by atoms with Crippen molar-refractivity contribution >= 4 is 35.2 Å². The molecule has 2 atom stereocenters. The standard InChI is InChI=1S/C26H27N5O8/c1-14(32)22(30(18-5-3-2-4-6-18)25(37)19(27)13-21(34)35)26(38)39-31-20(33)12-17(24(31)36)11-15-7-9-16(10-8-15)23(28)29/h2-10,12,19,22,33,36H,11,13,27H2,1H3,(H3,28,29)(H,34,35)/t19-,22-/m0/s1. The highest BCUT2D eigenvalue weighted by Gasteiger charge is 2.39. The molecule has 1 aromatic heterocycles. The Kier molecular flexibility index (Phi) is 8.68. The van der Waals surface area contributed by atoms with Gasteiger partial charge in [0.2, 0.25) is 17.7 Å². The van der Waals surface area contributed by atoms with Gasteiger partial charge in [0.25, 0.3) is 0 Å². The average Bonchev–Trinajstić information content (AvgIpc) is 3.14. The monoisotopic (exact) mass is 537 g/mol. The van der Waals surface area contributed by atoms with E-state index in [4.69, 9.17) is 26.8 Å². The minimum atomic E-state index is -1.93. The van der Waals surface area contributed by atoms with Crippen LogP contribution < -0.4 is 21.2 Å². The molecular formula is C26H27N5O8. The highest BCUT2D eigenvalue weighted by Crippen LogP contribution is 2.29. The lowest BCUT2D eigenvalue weighted by molar-refractivity contribution is -0.150. The van der Waals surface area contributed by atoms with Crippen LogP contribution in [-0.2, 0) is 25.6 Å². The third-order valence-electron chi connectivity index (χ3n) is 5.68. The summed E-state index contributed by atoms with van der Waals surface area (Å²) in [6.07, 6.45) is -0.672. The van der Waals surface area contributed by atoms with Crippen molar-refractivity contribution in [1.29, 1.82) is 5.41 Å². The summed E-state index contributed by atoms with van der Waals surface area (Å²) < 4.78 is 0.405. The van der Waals surface area contributed by atoms with Gasteiger partial charge in [-0.3, -0.25) is 24.7 Å². The molecule has 0 saturated carbocycles. The fourth-order valence-electron chi connectivity index (χ4n) is 3.80. The SMILES string of the molecule is CC(=O)[C@@H](C(=O)On1c(O)cc(Cc2ccc(C(=N)N)cc2)c1O)N(C(=O)[C@@H](N)CC(=O)O)c1ccccc1. The Balaban J connectivity index is 1.92. The van der Waals surface area contributed by atoms with Crippen LogP contribution in [0.15, 0.2) is 60.7 Å². The van der Waals surface area contributed by atoms with Gasteiger partial charge in [-0.05, 0) is 24.6 Å². The van der Waals surface area contributed by atoms with E-state index < -0.39 is 53.9 Å². The molecule has 0 spiro atoms. The fourth-order valence-corrected chi connectivity index (χ4v) is 3.80. The van der Waals surface area contributed by atoms with E-state index in [0.717, 1.165) is 17.9 Å². The summed E-state index contributed by atoms with van der Waals surface area (Å²) in [5, 5.41) is 37.5. The van der Waals surface area contributed by atoms with Crippen molar-refractivity contribution in [3.63, 3.8) is 0 Å². The molecule has 204 valence electrons. The number of anilines is 1. The highest BCUT2D eigenvalue weighted by atomic mass is 16.7. The number of nitrogens with two attached hydrogens (primary N) is 2. The van der Waals surface area contributed by atoms with E-state index in [0.29, 0.717) is 15.9 Å². The number of hydrogen-bond acceptors (Lipinski definition) is 9. The maximum absolute atomic E-state index is 13.2. The number of hydrogen-bond donors (Lipinski definition) is 6. The van der Waals surface area contributed by atoms with Crippen LogP contribution in [0, 0.1) is 5.41 Å². The van der Waals surface area contributed by atoms with E-state index in [1.165, 1.54) is 24.3 Å². The van der Waals surface area contributed by atoms with Crippen LogP contribution in [-0.4, -0.2) is 61.6 Å². The number of Topliss-reactive ketones (excluding diaryl/α,β-unsaturated/α-hetero) is 1. The Morgan fingerprint density at radius 3 is 2.21 bits per heavy atom. The maximum atomic E-state index is 13.2. The van der Waals surface area contributed by atoms with Gasteiger partial charge in [-0.1, -0.05) is 42.5 Å². The lowest BCUT2D eigenvalue weighted by atomic mass is 10.1. The van der Waals surface area contributed by atoms with Gasteiger partial charge in [-0.15, -0.1) is 4.73 Å². The molecular weight excluding hydrogens is 510 g/mol. The molecule has 1 heterocycles. The third-order valence-corrected chi connectivity index (χ3v) is 5.68. The van der Waals surface area contributed by atoms with Gasteiger partial charge in [0.1, 0.15) is 5.84 Å². The lowest BCUT2D eigenvalue weighted by Crippen LogP contribution is -2.56. The minimum Gasteiger partial charge on any atom is -0.492 e. The first-order valence-corrected chi connectivity index (χ1v) is 11.5. The number of carboxylic acids is 1. The molecule has 13 heteroatoms. The normalized spacial score (nSPS) is 12.3. The number of para-hydroxylation sites is 1. The molecule has 2 aromatic carbocycles. The number of aliphatic carboxylic acids is 1. The Morgan fingerprint density at radius 1 is 1.05 bits per heavy atom. The number of amidine groups is 1. The summed E-state index contributed by atoms with van der Waals surface area (Å²) in [5.74, 6) is -6.02. The van der Waals surface area contributed by atoms with Crippen LogP contribution >= 0.6 is 0 Å². The number of rotatable bonds is 11. The zero-order valence-corrected chi connectivity index (χ0v) is 20.8. The van der Waals surface area contributed by atoms with E-state index in [9.17, 15) is 29.4 Å². The quantitative estimate of drug-likeness (QED) is 0.113. The molecule has 13 nitrogen and oxygen atoms in total.